The summed E-state index contributed by atoms with van der Waals surface area (Å²) in [4.78, 5) is 29.0. The molecule has 0 aromatic carbocycles. The van der Waals surface area contributed by atoms with Gasteiger partial charge in [0.1, 0.15) is 0 Å². The van der Waals surface area contributed by atoms with Crippen LogP contribution in [0.4, 0.5) is 10.5 Å². The predicted molar refractivity (Wildman–Crippen MR) is 84.8 cm³/mol. The minimum Gasteiger partial charge on any atom is -0.341 e. The number of nitrogens with zero attached hydrogens (tertiary/aromatic N) is 2. The summed E-state index contributed by atoms with van der Waals surface area (Å²) in [5.74, 6) is 0.0790. The SMILES string of the molecule is CCC(=O)N1CCC(NC(=O)Nc2ccc(S(C)(=O)=O)nc2)C1. The topological polar surface area (TPSA) is 108 Å². The number of carbonyl (C=O) groups is 2. The van der Waals surface area contributed by atoms with Crippen LogP contribution in [0, 0.1) is 0 Å². The fourth-order valence-electron chi connectivity index (χ4n) is 2.35. The van der Waals surface area contributed by atoms with E-state index >= 15 is 0 Å². The summed E-state index contributed by atoms with van der Waals surface area (Å²) >= 11 is 0. The van der Waals surface area contributed by atoms with Gasteiger partial charge in [-0.15, -0.1) is 0 Å². The van der Waals surface area contributed by atoms with Crippen LogP contribution in [0.25, 0.3) is 0 Å². The quantitative estimate of drug-likeness (QED) is 0.835. The molecule has 1 aliphatic rings. The van der Waals surface area contributed by atoms with Gasteiger partial charge in [0, 0.05) is 31.8 Å². The summed E-state index contributed by atoms with van der Waals surface area (Å²) in [6, 6.07) is 2.32. The molecule has 8 nitrogen and oxygen atoms in total. The maximum Gasteiger partial charge on any atom is 0.319 e. The lowest BCUT2D eigenvalue weighted by Gasteiger charge is -2.16. The van der Waals surface area contributed by atoms with E-state index in [1.807, 2.05) is 6.92 Å². The number of amides is 3. The van der Waals surface area contributed by atoms with Gasteiger partial charge < -0.3 is 15.5 Å². The first kappa shape index (κ1) is 17.2. The maximum absolute atomic E-state index is 11.9. The zero-order valence-corrected chi connectivity index (χ0v) is 13.9. The van der Waals surface area contributed by atoms with Crippen molar-refractivity contribution in [1.29, 1.82) is 0 Å². The fraction of sp³-hybridized carbons (Fsp3) is 0.500. The minimum atomic E-state index is -3.36. The Bertz CT molecular complexity index is 687. The average molecular weight is 340 g/mol. The Morgan fingerprint density at radius 3 is 2.70 bits per heavy atom. The molecule has 0 spiro atoms. The van der Waals surface area contributed by atoms with Gasteiger partial charge in [0.25, 0.3) is 0 Å². The molecule has 0 aliphatic carbocycles. The van der Waals surface area contributed by atoms with Crippen LogP contribution >= 0.6 is 0 Å². The van der Waals surface area contributed by atoms with Crippen molar-refractivity contribution in [3.8, 4) is 0 Å². The van der Waals surface area contributed by atoms with E-state index in [9.17, 15) is 18.0 Å². The summed E-state index contributed by atoms with van der Waals surface area (Å²) in [7, 11) is -3.36. The highest BCUT2D eigenvalue weighted by Crippen LogP contribution is 2.12. The van der Waals surface area contributed by atoms with Crippen molar-refractivity contribution in [3.63, 3.8) is 0 Å². The number of rotatable bonds is 4. The minimum absolute atomic E-state index is 0.0482. The number of sulfone groups is 1. The number of likely N-dealkylation sites (tertiary alicyclic amines) is 1. The zero-order chi connectivity index (χ0) is 17.0. The number of nitrogens with one attached hydrogen (secondary N) is 2. The normalized spacial score (nSPS) is 17.8. The molecule has 23 heavy (non-hydrogen) atoms. The highest BCUT2D eigenvalue weighted by molar-refractivity contribution is 7.90. The number of hydrogen-bond donors (Lipinski definition) is 2. The van der Waals surface area contributed by atoms with Gasteiger partial charge in [-0.1, -0.05) is 6.92 Å². The Kier molecular flexibility index (Phi) is 5.19. The van der Waals surface area contributed by atoms with Gasteiger partial charge in [-0.3, -0.25) is 4.79 Å². The van der Waals surface area contributed by atoms with E-state index in [1.165, 1.54) is 18.3 Å². The first-order valence-corrected chi connectivity index (χ1v) is 9.20. The van der Waals surface area contributed by atoms with Gasteiger partial charge in [0.15, 0.2) is 14.9 Å². The third-order valence-electron chi connectivity index (χ3n) is 3.55. The highest BCUT2D eigenvalue weighted by Gasteiger charge is 2.26. The average Bonchev–Trinajstić information content (AvgIpc) is 2.94. The molecule has 1 aromatic heterocycles. The molecule has 1 aromatic rings. The molecule has 2 rings (SSSR count). The van der Waals surface area contributed by atoms with Crippen LogP contribution in [0.5, 0.6) is 0 Å². The van der Waals surface area contributed by atoms with E-state index in [-0.39, 0.29) is 17.0 Å². The van der Waals surface area contributed by atoms with E-state index in [4.69, 9.17) is 0 Å². The van der Waals surface area contributed by atoms with Crippen molar-refractivity contribution in [2.75, 3.05) is 24.7 Å². The Morgan fingerprint density at radius 1 is 1.39 bits per heavy atom. The van der Waals surface area contributed by atoms with Crippen LogP contribution < -0.4 is 10.6 Å². The molecule has 2 N–H and O–H groups in total. The van der Waals surface area contributed by atoms with Crippen LogP contribution in [0.1, 0.15) is 19.8 Å². The molecule has 1 aliphatic heterocycles. The molecule has 1 atom stereocenters. The van der Waals surface area contributed by atoms with Crippen molar-refractivity contribution in [3.05, 3.63) is 18.3 Å². The summed E-state index contributed by atoms with van der Waals surface area (Å²) in [5, 5.41) is 5.34. The second kappa shape index (κ2) is 6.95. The summed E-state index contributed by atoms with van der Waals surface area (Å²) < 4.78 is 22.6. The van der Waals surface area contributed by atoms with Crippen LogP contribution in [0.2, 0.25) is 0 Å². The molecule has 1 saturated heterocycles. The van der Waals surface area contributed by atoms with Gasteiger partial charge in [-0.2, -0.15) is 0 Å². The number of aromatic nitrogens is 1. The standard InChI is InChI=1S/C14H20N4O4S/c1-3-13(19)18-7-6-11(9-18)17-14(20)16-10-4-5-12(15-8-10)23(2,21)22/h4-5,8,11H,3,6-7,9H2,1-2H3,(H2,16,17,20). The number of pyridine rings is 1. The van der Waals surface area contributed by atoms with E-state index in [2.05, 4.69) is 15.6 Å². The fourth-order valence-corrected chi connectivity index (χ4v) is 2.91. The molecule has 0 bridgehead atoms. The molecule has 1 fully saturated rings. The predicted octanol–water partition coefficient (Wildman–Crippen LogP) is 0.618. The lowest BCUT2D eigenvalue weighted by atomic mass is 10.3. The third kappa shape index (κ3) is 4.65. The van der Waals surface area contributed by atoms with Crippen molar-refractivity contribution < 1.29 is 18.0 Å². The number of carbonyl (C=O) groups excluding carboxylic acids is 2. The summed E-state index contributed by atoms with van der Waals surface area (Å²) in [5.41, 5.74) is 0.398. The first-order chi connectivity index (χ1) is 10.8. The van der Waals surface area contributed by atoms with E-state index < -0.39 is 15.9 Å². The maximum atomic E-state index is 11.9. The molecule has 0 radical (unpaired) electrons. The van der Waals surface area contributed by atoms with Gasteiger partial charge in [0.05, 0.1) is 11.9 Å². The molecule has 0 saturated carbocycles. The largest absolute Gasteiger partial charge is 0.341 e. The van der Waals surface area contributed by atoms with Crippen LogP contribution in [-0.4, -0.2) is 55.6 Å². The summed E-state index contributed by atoms with van der Waals surface area (Å²) in [6.07, 6.45) is 3.53. The second-order valence-electron chi connectivity index (χ2n) is 5.43. The molecule has 9 heteroatoms. The van der Waals surface area contributed by atoms with Gasteiger partial charge in [-0.05, 0) is 18.6 Å². The van der Waals surface area contributed by atoms with Crippen LogP contribution in [0.15, 0.2) is 23.4 Å². The summed E-state index contributed by atoms with van der Waals surface area (Å²) in [6.45, 7) is 2.95. The van der Waals surface area contributed by atoms with Crippen molar-refractivity contribution in [1.82, 2.24) is 15.2 Å². The number of urea groups is 1. The Balaban J connectivity index is 1.87. The lowest BCUT2D eigenvalue weighted by molar-refractivity contribution is -0.129. The first-order valence-electron chi connectivity index (χ1n) is 7.31. The van der Waals surface area contributed by atoms with E-state index in [0.717, 1.165) is 6.26 Å². The zero-order valence-electron chi connectivity index (χ0n) is 13.1. The number of hydrogen-bond acceptors (Lipinski definition) is 5. The van der Waals surface area contributed by atoms with Gasteiger partial charge in [0.2, 0.25) is 5.91 Å². The van der Waals surface area contributed by atoms with Crippen LogP contribution in [-0.2, 0) is 14.6 Å². The molecule has 1 unspecified atom stereocenters. The van der Waals surface area contributed by atoms with Gasteiger partial charge in [-0.25, -0.2) is 18.2 Å². The Labute approximate surface area is 135 Å². The van der Waals surface area contributed by atoms with E-state index in [1.54, 1.807) is 4.90 Å². The monoisotopic (exact) mass is 340 g/mol. The highest BCUT2D eigenvalue weighted by atomic mass is 32.2. The molecule has 126 valence electrons. The van der Waals surface area contributed by atoms with Crippen LogP contribution in [0.3, 0.4) is 0 Å². The van der Waals surface area contributed by atoms with Gasteiger partial charge >= 0.3 is 6.03 Å². The van der Waals surface area contributed by atoms with E-state index in [0.29, 0.717) is 31.6 Å². The van der Waals surface area contributed by atoms with Crippen molar-refractivity contribution in [2.24, 2.45) is 0 Å². The molecule has 3 amide bonds. The molecular formula is C14H20N4O4S. The Hall–Kier alpha value is -2.16. The lowest BCUT2D eigenvalue weighted by Crippen LogP contribution is -2.40. The van der Waals surface area contributed by atoms with Crippen molar-refractivity contribution in [2.45, 2.75) is 30.8 Å². The van der Waals surface area contributed by atoms with Crippen molar-refractivity contribution >= 4 is 27.5 Å². The smallest absolute Gasteiger partial charge is 0.319 e. The third-order valence-corrected chi connectivity index (χ3v) is 4.55. The molecular weight excluding hydrogens is 320 g/mol. The molecule has 2 heterocycles. The number of anilines is 1. The Morgan fingerprint density at radius 2 is 2.13 bits per heavy atom. The second-order valence-corrected chi connectivity index (χ2v) is 7.40.